The van der Waals surface area contributed by atoms with Crippen molar-refractivity contribution < 1.29 is 19.4 Å². The molecule has 4 nitrogen and oxygen atoms in total. The molecule has 0 radical (unpaired) electrons. The van der Waals surface area contributed by atoms with Gasteiger partial charge >= 0.3 is 11.9 Å². The summed E-state index contributed by atoms with van der Waals surface area (Å²) in [6, 6.07) is 6.71. The van der Waals surface area contributed by atoms with Crippen LogP contribution in [0.3, 0.4) is 0 Å². The summed E-state index contributed by atoms with van der Waals surface area (Å²) in [5.41, 5.74) is 1.43. The molecule has 0 unspecified atom stereocenters. The van der Waals surface area contributed by atoms with Gasteiger partial charge in [0.05, 0.1) is 0 Å². The second kappa shape index (κ2) is 5.84. The summed E-state index contributed by atoms with van der Waals surface area (Å²) < 4.78 is 5.00. The Morgan fingerprint density at radius 2 is 1.88 bits per heavy atom. The molecule has 0 aromatic heterocycles. The molecule has 1 rings (SSSR count). The van der Waals surface area contributed by atoms with E-state index in [9.17, 15) is 9.59 Å². The Morgan fingerprint density at radius 3 is 2.35 bits per heavy atom. The highest BCUT2D eigenvalue weighted by Gasteiger charge is 2.03. The van der Waals surface area contributed by atoms with Crippen LogP contribution in [0.25, 0.3) is 5.57 Å². The molecule has 0 saturated heterocycles. The number of carboxylic acids is 1. The third kappa shape index (κ3) is 4.10. The Balaban J connectivity index is 2.81. The molecule has 1 aromatic rings. The molecule has 0 amide bonds. The minimum atomic E-state index is -0.982. The summed E-state index contributed by atoms with van der Waals surface area (Å²) >= 11 is 0. The van der Waals surface area contributed by atoms with Crippen LogP contribution in [0.15, 0.2) is 30.3 Å². The fraction of sp³-hybridized carbons (Fsp3) is 0.231. The van der Waals surface area contributed by atoms with Crippen LogP contribution >= 0.6 is 0 Å². The Morgan fingerprint density at radius 1 is 1.29 bits per heavy atom. The lowest BCUT2D eigenvalue weighted by Gasteiger charge is -2.04. The Labute approximate surface area is 99.5 Å². The fourth-order valence-corrected chi connectivity index (χ4v) is 1.26. The quantitative estimate of drug-likeness (QED) is 0.494. The first-order valence-corrected chi connectivity index (χ1v) is 5.25. The van der Waals surface area contributed by atoms with E-state index in [2.05, 4.69) is 0 Å². The van der Waals surface area contributed by atoms with E-state index in [1.165, 1.54) is 0 Å². The topological polar surface area (TPSA) is 63.6 Å². The highest BCUT2D eigenvalue weighted by atomic mass is 16.5. The summed E-state index contributed by atoms with van der Waals surface area (Å²) in [6.07, 6.45) is 1.45. The maximum absolute atomic E-state index is 11.0. The van der Waals surface area contributed by atoms with Gasteiger partial charge in [-0.15, -0.1) is 0 Å². The Bertz CT molecular complexity index is 443. The zero-order valence-corrected chi connectivity index (χ0v) is 9.77. The van der Waals surface area contributed by atoms with Crippen LogP contribution < -0.4 is 4.74 Å². The van der Waals surface area contributed by atoms with Gasteiger partial charge < -0.3 is 9.84 Å². The molecule has 1 N–H and O–H groups in total. The highest BCUT2D eigenvalue weighted by Crippen LogP contribution is 2.18. The first-order chi connectivity index (χ1) is 8.02. The summed E-state index contributed by atoms with van der Waals surface area (Å²) in [5, 5.41) is 8.60. The van der Waals surface area contributed by atoms with Gasteiger partial charge in [-0.05, 0) is 30.2 Å². The lowest BCUT2D eigenvalue weighted by molar-refractivity contribution is -0.134. The van der Waals surface area contributed by atoms with Gasteiger partial charge in [0.2, 0.25) is 0 Å². The van der Waals surface area contributed by atoms with Crippen molar-refractivity contribution >= 4 is 17.5 Å². The molecule has 0 bridgehead atoms. The number of rotatable bonds is 4. The van der Waals surface area contributed by atoms with Crippen LogP contribution in [-0.4, -0.2) is 17.0 Å². The second-order valence-corrected chi connectivity index (χ2v) is 3.52. The number of carboxylic acid groups (broad SMARTS) is 1. The molecule has 0 atom stereocenters. The number of allylic oxidation sites excluding steroid dienone is 1. The van der Waals surface area contributed by atoms with Gasteiger partial charge in [-0.1, -0.05) is 19.1 Å². The van der Waals surface area contributed by atoms with Gasteiger partial charge in [0.15, 0.2) is 0 Å². The van der Waals surface area contributed by atoms with Crippen molar-refractivity contribution in [2.24, 2.45) is 0 Å². The van der Waals surface area contributed by atoms with E-state index in [1.807, 2.05) is 0 Å². The van der Waals surface area contributed by atoms with Crippen LogP contribution in [0, 0.1) is 0 Å². The first-order valence-electron chi connectivity index (χ1n) is 5.25. The number of carbonyl (C=O) groups is 2. The number of carbonyl (C=O) groups excluding carboxylic acids is 1. The lowest BCUT2D eigenvalue weighted by Crippen LogP contribution is -2.05. The van der Waals surface area contributed by atoms with Crippen LogP contribution in [-0.2, 0) is 9.59 Å². The van der Waals surface area contributed by atoms with E-state index >= 15 is 0 Å². The molecule has 0 saturated carbocycles. The van der Waals surface area contributed by atoms with E-state index < -0.39 is 5.97 Å². The molecule has 1 aromatic carbocycles. The number of aliphatic carboxylic acids is 1. The number of benzene rings is 1. The van der Waals surface area contributed by atoms with E-state index in [1.54, 1.807) is 38.1 Å². The summed E-state index contributed by atoms with van der Waals surface area (Å²) in [6.45, 7) is 3.43. The molecule has 0 aliphatic heterocycles. The summed E-state index contributed by atoms with van der Waals surface area (Å²) in [5.74, 6) is -0.816. The van der Waals surface area contributed by atoms with Crippen molar-refractivity contribution in [2.45, 2.75) is 20.3 Å². The molecule has 0 spiro atoms. The maximum atomic E-state index is 11.0. The normalized spacial score (nSPS) is 11.1. The molecule has 17 heavy (non-hydrogen) atoms. The van der Waals surface area contributed by atoms with Gasteiger partial charge in [-0.2, -0.15) is 0 Å². The third-order valence-electron chi connectivity index (χ3n) is 2.17. The Kier molecular flexibility index (Phi) is 4.46. The molecular weight excluding hydrogens is 220 g/mol. The smallest absolute Gasteiger partial charge is 0.328 e. The maximum Gasteiger partial charge on any atom is 0.328 e. The SMILES string of the molecule is CCC(=O)Oc1ccc(C(C)=CC(=O)O)cc1. The van der Waals surface area contributed by atoms with Crippen molar-refractivity contribution in [3.8, 4) is 5.75 Å². The molecule has 0 fully saturated rings. The number of hydrogen-bond acceptors (Lipinski definition) is 3. The van der Waals surface area contributed by atoms with Crippen molar-refractivity contribution in [1.29, 1.82) is 0 Å². The average molecular weight is 234 g/mol. The number of hydrogen-bond donors (Lipinski definition) is 1. The van der Waals surface area contributed by atoms with Crippen LogP contribution in [0.5, 0.6) is 5.75 Å². The van der Waals surface area contributed by atoms with Crippen molar-refractivity contribution in [1.82, 2.24) is 0 Å². The molecule has 0 aliphatic rings. The monoisotopic (exact) mass is 234 g/mol. The minimum Gasteiger partial charge on any atom is -0.478 e. The summed E-state index contributed by atoms with van der Waals surface area (Å²) in [7, 11) is 0. The van der Waals surface area contributed by atoms with Gasteiger partial charge in [-0.25, -0.2) is 4.79 Å². The highest BCUT2D eigenvalue weighted by molar-refractivity contribution is 5.89. The lowest BCUT2D eigenvalue weighted by atomic mass is 10.1. The second-order valence-electron chi connectivity index (χ2n) is 3.52. The predicted molar refractivity (Wildman–Crippen MR) is 63.7 cm³/mol. The zero-order chi connectivity index (χ0) is 12.8. The third-order valence-corrected chi connectivity index (χ3v) is 2.17. The molecule has 90 valence electrons. The van der Waals surface area contributed by atoms with E-state index in [0.717, 1.165) is 11.6 Å². The van der Waals surface area contributed by atoms with E-state index in [0.29, 0.717) is 17.7 Å². The molecule has 4 heteroatoms. The van der Waals surface area contributed by atoms with Gasteiger partial charge in [0, 0.05) is 12.5 Å². The van der Waals surface area contributed by atoms with Crippen LogP contribution in [0.2, 0.25) is 0 Å². The molecular formula is C13H14O4. The predicted octanol–water partition coefficient (Wildman–Crippen LogP) is 2.49. The average Bonchev–Trinajstić information content (AvgIpc) is 2.28. The number of esters is 1. The first kappa shape index (κ1) is 13.0. The Hall–Kier alpha value is -2.10. The minimum absolute atomic E-state index is 0.296. The summed E-state index contributed by atoms with van der Waals surface area (Å²) in [4.78, 5) is 21.5. The fourth-order valence-electron chi connectivity index (χ4n) is 1.26. The largest absolute Gasteiger partial charge is 0.478 e. The van der Waals surface area contributed by atoms with Crippen LogP contribution in [0.4, 0.5) is 0 Å². The number of ether oxygens (including phenoxy) is 1. The van der Waals surface area contributed by atoms with E-state index in [4.69, 9.17) is 9.84 Å². The zero-order valence-electron chi connectivity index (χ0n) is 9.77. The van der Waals surface area contributed by atoms with Crippen molar-refractivity contribution in [3.05, 3.63) is 35.9 Å². The van der Waals surface area contributed by atoms with Crippen LogP contribution in [0.1, 0.15) is 25.8 Å². The van der Waals surface area contributed by atoms with Gasteiger partial charge in [-0.3, -0.25) is 4.79 Å². The van der Waals surface area contributed by atoms with Crippen molar-refractivity contribution in [3.63, 3.8) is 0 Å². The molecule has 0 heterocycles. The standard InChI is InChI=1S/C13H14O4/c1-3-13(16)17-11-6-4-10(5-7-11)9(2)8-12(14)15/h4-8H,3H2,1-2H3,(H,14,15). The van der Waals surface area contributed by atoms with E-state index in [-0.39, 0.29) is 5.97 Å². The van der Waals surface area contributed by atoms with Gasteiger partial charge in [0.25, 0.3) is 0 Å². The van der Waals surface area contributed by atoms with Gasteiger partial charge in [0.1, 0.15) is 5.75 Å². The molecule has 0 aliphatic carbocycles. The van der Waals surface area contributed by atoms with Crippen molar-refractivity contribution in [2.75, 3.05) is 0 Å².